The zero-order chi connectivity index (χ0) is 101. The van der Waals surface area contributed by atoms with Gasteiger partial charge in [-0.3, -0.25) is 45.8 Å². The fourth-order valence-electron chi connectivity index (χ4n) is 13.9. The van der Waals surface area contributed by atoms with Gasteiger partial charge in [-0.05, 0) is 214 Å². The Kier molecular flexibility index (Phi) is 40.2. The third-order valence-electron chi connectivity index (χ3n) is 21.2. The first-order chi connectivity index (χ1) is 65.6. The Morgan fingerprint density at radius 3 is 1.23 bits per heavy atom. The molecule has 14 aromatic rings. The molecule has 17 rings (SSSR count). The van der Waals surface area contributed by atoms with Gasteiger partial charge in [-0.1, -0.05) is 154 Å². The highest BCUT2D eigenvalue weighted by Gasteiger charge is 2.36. The Hall–Kier alpha value is -16.8. The van der Waals surface area contributed by atoms with E-state index in [2.05, 4.69) is 140 Å². The van der Waals surface area contributed by atoms with Gasteiger partial charge in [-0.15, -0.1) is 5.10 Å². The number of halogens is 2. The van der Waals surface area contributed by atoms with E-state index in [1.54, 1.807) is 42.7 Å². The summed E-state index contributed by atoms with van der Waals surface area (Å²) in [5, 5.41) is 157. The largest absolute Gasteiger partial charge is 0.477 e. The maximum absolute atomic E-state index is 10.8. The molecular weight excluding hydrogens is 1840 g/mol. The zero-order valence-electron chi connectivity index (χ0n) is 74.9. The number of fused-ring (bicyclic) bond motifs is 3. The van der Waals surface area contributed by atoms with E-state index >= 15 is 0 Å². The van der Waals surface area contributed by atoms with Gasteiger partial charge in [0.2, 0.25) is 5.69 Å². The SMILES string of the molecule is CC(C)CCCc1cc(C(=O)O)n[nH]1.CC1(C)CCc2c(C(=O)O)n[nH]c21.CC1CCc2c(C(=O)O)n[nH]c21.O=C(O)c1[nH]ncc1[N+](=O)[O-].O=C(O)c1cc(CCc2ccc(Cl)cc2)[nH]n1.O=C(O)c1cc(CCc2ccc(Cl)cc2)c[nH]1.O=C(O)c1cc(CCc2ccccc2)[nH]n1.O=C(O)c1cc(CCc2ccccc2)c[nH]1.O=C(O)c1cc([N+](=O)[O-])[nH]n1.O=C(O)c1n[nH]c2c1CCC2. The van der Waals surface area contributed by atoms with Crippen LogP contribution in [-0.2, 0) is 88.9 Å². The van der Waals surface area contributed by atoms with Crippen LogP contribution in [-0.4, -0.2) is 212 Å². The molecule has 726 valence electrons. The Balaban J connectivity index is 0.000000189. The zero-order valence-corrected chi connectivity index (χ0v) is 76.4. The van der Waals surface area contributed by atoms with Gasteiger partial charge in [0.15, 0.2) is 39.9 Å². The van der Waals surface area contributed by atoms with Crippen LogP contribution in [0.15, 0.2) is 164 Å². The fraction of sp³-hybridized carbons (Fsp3) is 0.283. The molecule has 4 aromatic carbocycles. The maximum Gasteiger partial charge on any atom is 0.361 e. The average molecular weight is 1940 g/mol. The molecule has 0 saturated carbocycles. The van der Waals surface area contributed by atoms with Crippen LogP contribution in [0.3, 0.4) is 0 Å². The van der Waals surface area contributed by atoms with Gasteiger partial charge < -0.3 is 71.1 Å². The van der Waals surface area contributed by atoms with Crippen LogP contribution in [0.5, 0.6) is 0 Å². The van der Waals surface area contributed by atoms with Crippen molar-refractivity contribution in [2.75, 3.05) is 0 Å². The quantitative estimate of drug-likeness (QED) is 0.0160. The second kappa shape index (κ2) is 52.0. The summed E-state index contributed by atoms with van der Waals surface area (Å²) in [7, 11) is 0. The number of hydrogen-bond donors (Lipinski definition) is 20. The summed E-state index contributed by atoms with van der Waals surface area (Å²) in [5.41, 5.74) is 15.1. The average Bonchev–Trinajstić information content (AvgIpc) is 1.62. The minimum absolute atomic E-state index is 0.0516. The molecule has 3 aliphatic carbocycles. The molecule has 138 heavy (non-hydrogen) atoms. The van der Waals surface area contributed by atoms with E-state index in [9.17, 15) is 68.2 Å². The number of nitrogens with one attached hydrogen (secondary N) is 10. The smallest absolute Gasteiger partial charge is 0.361 e. The van der Waals surface area contributed by atoms with Crippen molar-refractivity contribution in [3.8, 4) is 0 Å². The molecule has 0 bridgehead atoms. The van der Waals surface area contributed by atoms with Gasteiger partial charge >= 0.3 is 71.2 Å². The standard InChI is InChI=1S/C13H12ClNO2.C13H13NO2.C12H11ClN2O2.C12H12N2O2.C10H16N2O2.C9H12N2O2.C8H10N2O2.C7H8N2O2.2C4H3N3O4/c14-11-5-3-9(4-6-11)1-2-10-7-12(13(16)17)15-8-10;15-13(16)12-8-11(9-14-12)7-6-10-4-2-1-3-5-10;13-9-4-1-8(2-5-9)3-6-10-7-11(12(16)17)15-14-10;15-12(16)11-8-10(13-14-11)7-6-9-4-2-1-3-5-9;1-7(2)4-3-5-8-6-9(10(13)14)12-11-8;1-9(2)4-3-5-6(8(12)13)10-11-7(5)9;1-4-2-3-5-6(4)9-10-7(5)8(11)12;10-7(11)6-4-2-1-3-5(4)8-9-6;8-4(9)3-2(7(10)11)1-5-6-3;8-4(9)2-1-3(6-5-2)7(10)11/h3-8,15H,1-2H2,(H,16,17);1-5,8-9,14H,6-7H2,(H,15,16);1-2,4-5,7H,3,6H2,(H,14,15)(H,16,17);1-5,8H,6-7H2,(H,13,14)(H,15,16);6-7H,3-5H2,1-2H3,(H,11,12)(H,13,14);3-4H2,1-2H3,(H,10,11)(H,12,13);4H,2-3H2,1H3,(H,9,10)(H,11,12);1-3H2,(H,8,9)(H,10,11);2*1H,(H,5,6)(H,8,9). The summed E-state index contributed by atoms with van der Waals surface area (Å²) >= 11 is 11.6. The van der Waals surface area contributed by atoms with Crippen molar-refractivity contribution >= 4 is 94.4 Å². The lowest BCUT2D eigenvalue weighted by Crippen LogP contribution is -2.12. The maximum atomic E-state index is 10.8. The lowest BCUT2D eigenvalue weighted by Gasteiger charge is -2.15. The minimum Gasteiger partial charge on any atom is -0.477 e. The number of aryl methyl sites for hydroxylation is 10. The predicted molar refractivity (Wildman–Crippen MR) is 496 cm³/mol. The highest BCUT2D eigenvalue weighted by atomic mass is 35.5. The van der Waals surface area contributed by atoms with E-state index in [0.29, 0.717) is 16.9 Å². The van der Waals surface area contributed by atoms with Crippen LogP contribution in [0.1, 0.15) is 262 Å². The van der Waals surface area contributed by atoms with E-state index < -0.39 is 86.7 Å². The number of carboxylic acid groups (broad SMARTS) is 10. The van der Waals surface area contributed by atoms with Crippen molar-refractivity contribution in [3.63, 3.8) is 0 Å². The summed E-state index contributed by atoms with van der Waals surface area (Å²) in [6.45, 7) is 10.6. The first-order valence-corrected chi connectivity index (χ1v) is 43.4. The van der Waals surface area contributed by atoms with Crippen LogP contribution in [0.4, 0.5) is 11.5 Å². The van der Waals surface area contributed by atoms with E-state index in [0.717, 1.165) is 200 Å². The highest BCUT2D eigenvalue weighted by Crippen LogP contribution is 2.38. The molecule has 0 saturated heterocycles. The first-order valence-electron chi connectivity index (χ1n) is 42.6. The number of H-pyrrole nitrogens is 10. The first kappa shape index (κ1) is 107. The van der Waals surface area contributed by atoms with Gasteiger partial charge in [0.25, 0.3) is 0 Å². The summed E-state index contributed by atoms with van der Waals surface area (Å²) in [6, 6.07) is 44.4. The molecule has 44 nitrogen and oxygen atoms in total. The number of nitrogens with zero attached hydrogens (tertiary/aromatic N) is 10. The Bertz CT molecular complexity index is 6190. The summed E-state index contributed by atoms with van der Waals surface area (Å²) in [6.07, 6.45) is 20.6. The molecule has 0 spiro atoms. The van der Waals surface area contributed by atoms with Gasteiger partial charge in [0.1, 0.15) is 17.6 Å². The topological polar surface area (TPSA) is 720 Å². The lowest BCUT2D eigenvalue weighted by molar-refractivity contribution is -0.389. The van der Waals surface area contributed by atoms with Crippen LogP contribution < -0.4 is 0 Å². The molecule has 10 aromatic heterocycles. The van der Waals surface area contributed by atoms with Crippen molar-refractivity contribution in [2.24, 2.45) is 5.92 Å². The van der Waals surface area contributed by atoms with E-state index in [1.807, 2.05) is 95.1 Å². The van der Waals surface area contributed by atoms with Crippen LogP contribution in [0.25, 0.3) is 0 Å². The van der Waals surface area contributed by atoms with Crippen molar-refractivity contribution < 1.29 is 109 Å². The molecule has 1 unspecified atom stereocenters. The number of aromatic carboxylic acids is 10. The molecule has 0 aliphatic heterocycles. The number of rotatable bonds is 28. The van der Waals surface area contributed by atoms with Crippen LogP contribution >= 0.6 is 23.2 Å². The summed E-state index contributed by atoms with van der Waals surface area (Å²) in [5.74, 6) is -9.61. The number of hydrogen-bond acceptors (Lipinski definition) is 22. The molecule has 3 aliphatic rings. The molecule has 20 N–H and O–H groups in total. The van der Waals surface area contributed by atoms with E-state index in [4.69, 9.17) is 74.3 Å². The molecular formula is C92H100Cl2N20O24. The number of aromatic nitrogens is 18. The number of nitro groups is 2. The van der Waals surface area contributed by atoms with Crippen LogP contribution in [0.2, 0.25) is 10.0 Å². The predicted octanol–water partition coefficient (Wildman–Crippen LogP) is 15.3. The molecule has 0 fully saturated rings. The normalized spacial score (nSPS) is 12.3. The molecule has 0 amide bonds. The molecule has 1 atom stereocenters. The molecule has 46 heteroatoms. The van der Waals surface area contributed by atoms with Crippen LogP contribution in [0, 0.1) is 26.1 Å². The Morgan fingerprint density at radius 1 is 0.420 bits per heavy atom. The van der Waals surface area contributed by atoms with E-state index in [1.165, 1.54) is 16.7 Å². The molecule has 0 radical (unpaired) electrons. The van der Waals surface area contributed by atoms with Crippen molar-refractivity contribution in [3.05, 3.63) is 336 Å². The van der Waals surface area contributed by atoms with E-state index in [-0.39, 0.29) is 56.7 Å². The number of aromatic amines is 10. The van der Waals surface area contributed by atoms with Gasteiger partial charge in [-0.25, -0.2) is 47.9 Å². The third kappa shape index (κ3) is 33.4. The highest BCUT2D eigenvalue weighted by molar-refractivity contribution is 6.30. The Labute approximate surface area is 793 Å². The Morgan fingerprint density at radius 2 is 0.833 bits per heavy atom. The second-order valence-electron chi connectivity index (χ2n) is 32.1. The van der Waals surface area contributed by atoms with Crippen molar-refractivity contribution in [1.82, 2.24) is 91.5 Å². The summed E-state index contributed by atoms with van der Waals surface area (Å²) in [4.78, 5) is 129. The lowest BCUT2D eigenvalue weighted by atomic mass is 9.91. The number of carboxylic acids is 10. The second-order valence-corrected chi connectivity index (χ2v) is 33.0. The summed E-state index contributed by atoms with van der Waals surface area (Å²) < 4.78 is 0. The monoisotopic (exact) mass is 1940 g/mol. The fourth-order valence-corrected chi connectivity index (χ4v) is 14.1. The number of carbonyl (C=O) groups is 10. The minimum atomic E-state index is -1.39. The number of benzene rings is 4. The van der Waals surface area contributed by atoms with Gasteiger partial charge in [0.05, 0.1) is 11.0 Å². The third-order valence-corrected chi connectivity index (χ3v) is 21.7. The van der Waals surface area contributed by atoms with Crippen molar-refractivity contribution in [2.45, 2.75) is 162 Å². The van der Waals surface area contributed by atoms with Gasteiger partial charge in [-0.2, -0.15) is 35.7 Å². The molecule has 10 heterocycles. The van der Waals surface area contributed by atoms with Gasteiger partial charge in [0, 0.05) is 78.7 Å². The van der Waals surface area contributed by atoms with Crippen molar-refractivity contribution in [1.29, 1.82) is 0 Å².